The number of nitrogens with one attached hydrogen (secondary N) is 1. The Labute approximate surface area is 86.5 Å². The van der Waals surface area contributed by atoms with E-state index in [0.29, 0.717) is 12.5 Å². The summed E-state index contributed by atoms with van der Waals surface area (Å²) >= 11 is 0. The van der Waals surface area contributed by atoms with Gasteiger partial charge in [0.1, 0.15) is 0 Å². The zero-order valence-electron chi connectivity index (χ0n) is 8.91. The molecule has 0 unspecified atom stereocenters. The lowest BCUT2D eigenvalue weighted by Crippen LogP contribution is -2.44. The topological polar surface area (TPSA) is 35.5 Å². The van der Waals surface area contributed by atoms with Gasteiger partial charge in [-0.05, 0) is 63.8 Å². The Bertz CT molecular complexity index is 163. The molecular formula is C11H22N2O. The van der Waals surface area contributed by atoms with Gasteiger partial charge >= 0.3 is 0 Å². The van der Waals surface area contributed by atoms with E-state index in [1.165, 1.54) is 52.0 Å². The maximum Gasteiger partial charge on any atom is 0.0460 e. The second-order valence-electron chi connectivity index (χ2n) is 4.78. The lowest BCUT2D eigenvalue weighted by molar-refractivity contribution is 0.123. The summed E-state index contributed by atoms with van der Waals surface area (Å²) in [6.07, 6.45) is 3.75. The molecule has 14 heavy (non-hydrogen) atoms. The number of piperidine rings is 1. The highest BCUT2D eigenvalue weighted by molar-refractivity contribution is 4.77. The van der Waals surface area contributed by atoms with Crippen LogP contribution in [0, 0.1) is 11.8 Å². The number of rotatable bonds is 4. The number of nitrogens with zero attached hydrogens (tertiary/aromatic N) is 1. The summed E-state index contributed by atoms with van der Waals surface area (Å²) in [6.45, 7) is 6.52. The summed E-state index contributed by atoms with van der Waals surface area (Å²) in [7, 11) is 0. The average molecular weight is 198 g/mol. The fourth-order valence-electron chi connectivity index (χ4n) is 2.31. The van der Waals surface area contributed by atoms with Crippen molar-refractivity contribution in [3.63, 3.8) is 0 Å². The van der Waals surface area contributed by atoms with Gasteiger partial charge in [-0.15, -0.1) is 0 Å². The van der Waals surface area contributed by atoms with Gasteiger partial charge in [-0.2, -0.15) is 0 Å². The maximum absolute atomic E-state index is 9.02. The molecule has 0 saturated carbocycles. The minimum atomic E-state index is 0.389. The highest BCUT2D eigenvalue weighted by Crippen LogP contribution is 2.18. The van der Waals surface area contributed by atoms with E-state index in [4.69, 9.17) is 5.11 Å². The summed E-state index contributed by atoms with van der Waals surface area (Å²) in [5.41, 5.74) is 0. The average Bonchev–Trinajstić information content (AvgIpc) is 2.16. The largest absolute Gasteiger partial charge is 0.396 e. The molecule has 0 spiro atoms. The number of aliphatic hydroxyl groups is 1. The molecule has 3 heteroatoms. The van der Waals surface area contributed by atoms with Crippen molar-refractivity contribution in [3.8, 4) is 0 Å². The zero-order chi connectivity index (χ0) is 9.80. The SMILES string of the molecule is OCC1CCN(CCC2CNC2)CC1. The van der Waals surface area contributed by atoms with E-state index in [1.807, 2.05) is 0 Å². The van der Waals surface area contributed by atoms with E-state index in [-0.39, 0.29) is 0 Å². The van der Waals surface area contributed by atoms with Gasteiger partial charge in [0.2, 0.25) is 0 Å². The minimum absolute atomic E-state index is 0.389. The Morgan fingerprint density at radius 1 is 1.14 bits per heavy atom. The van der Waals surface area contributed by atoms with Gasteiger partial charge in [0.05, 0.1) is 0 Å². The predicted octanol–water partition coefficient (Wildman–Crippen LogP) is 0.300. The maximum atomic E-state index is 9.02. The fraction of sp³-hybridized carbons (Fsp3) is 1.00. The Morgan fingerprint density at radius 3 is 2.36 bits per heavy atom. The highest BCUT2D eigenvalue weighted by Gasteiger charge is 2.21. The molecule has 0 aromatic heterocycles. The second-order valence-corrected chi connectivity index (χ2v) is 4.78. The van der Waals surface area contributed by atoms with Gasteiger partial charge in [-0.25, -0.2) is 0 Å². The van der Waals surface area contributed by atoms with Crippen molar-refractivity contribution in [1.82, 2.24) is 10.2 Å². The molecule has 0 radical (unpaired) electrons. The number of hydrogen-bond donors (Lipinski definition) is 2. The molecule has 0 amide bonds. The van der Waals surface area contributed by atoms with Crippen LogP contribution in [0.3, 0.4) is 0 Å². The van der Waals surface area contributed by atoms with Crippen LogP contribution in [0.15, 0.2) is 0 Å². The third-order valence-electron chi connectivity index (χ3n) is 3.68. The van der Waals surface area contributed by atoms with Crippen LogP contribution in [0.1, 0.15) is 19.3 Å². The van der Waals surface area contributed by atoms with Crippen LogP contribution >= 0.6 is 0 Å². The Balaban J connectivity index is 1.58. The normalized spacial score (nSPS) is 26.4. The van der Waals surface area contributed by atoms with Gasteiger partial charge < -0.3 is 15.3 Å². The first-order chi connectivity index (χ1) is 6.88. The van der Waals surface area contributed by atoms with Gasteiger partial charge in [0.15, 0.2) is 0 Å². The van der Waals surface area contributed by atoms with Gasteiger partial charge in [0.25, 0.3) is 0 Å². The number of likely N-dealkylation sites (tertiary alicyclic amines) is 1. The number of aliphatic hydroxyl groups excluding tert-OH is 1. The molecule has 0 bridgehead atoms. The summed E-state index contributed by atoms with van der Waals surface area (Å²) in [5.74, 6) is 1.52. The van der Waals surface area contributed by atoms with Crippen molar-refractivity contribution in [3.05, 3.63) is 0 Å². The first kappa shape index (κ1) is 10.4. The summed E-state index contributed by atoms with van der Waals surface area (Å²) in [6, 6.07) is 0. The van der Waals surface area contributed by atoms with Crippen LogP contribution in [-0.4, -0.2) is 49.3 Å². The standard InChI is InChI=1S/C11H22N2O/c14-9-10-1-4-13(5-2-10)6-3-11-7-12-8-11/h10-12,14H,1-9H2. The quantitative estimate of drug-likeness (QED) is 0.682. The molecule has 0 aromatic rings. The van der Waals surface area contributed by atoms with Crippen LogP contribution < -0.4 is 5.32 Å². The molecule has 82 valence electrons. The number of hydrogen-bond acceptors (Lipinski definition) is 3. The molecule has 0 aliphatic carbocycles. The Kier molecular flexibility index (Phi) is 3.79. The first-order valence-electron chi connectivity index (χ1n) is 5.92. The van der Waals surface area contributed by atoms with Crippen molar-refractivity contribution < 1.29 is 5.11 Å². The second kappa shape index (κ2) is 5.10. The van der Waals surface area contributed by atoms with Crippen molar-refractivity contribution in [1.29, 1.82) is 0 Å². The van der Waals surface area contributed by atoms with E-state index in [9.17, 15) is 0 Å². The van der Waals surface area contributed by atoms with Crippen molar-refractivity contribution >= 4 is 0 Å². The molecule has 0 atom stereocenters. The molecule has 2 aliphatic rings. The van der Waals surface area contributed by atoms with E-state index in [0.717, 1.165) is 5.92 Å². The molecule has 2 aliphatic heterocycles. The Hall–Kier alpha value is -0.120. The molecule has 2 N–H and O–H groups in total. The highest BCUT2D eigenvalue weighted by atomic mass is 16.3. The van der Waals surface area contributed by atoms with Gasteiger partial charge in [0, 0.05) is 6.61 Å². The summed E-state index contributed by atoms with van der Waals surface area (Å²) in [5, 5.41) is 12.3. The third kappa shape index (κ3) is 2.69. The van der Waals surface area contributed by atoms with Crippen molar-refractivity contribution in [2.75, 3.05) is 39.3 Å². The summed E-state index contributed by atoms with van der Waals surface area (Å²) < 4.78 is 0. The van der Waals surface area contributed by atoms with Gasteiger partial charge in [-0.1, -0.05) is 0 Å². The molecule has 2 rings (SSSR count). The molecule has 2 saturated heterocycles. The molecule has 0 aromatic carbocycles. The van der Waals surface area contributed by atoms with E-state index >= 15 is 0 Å². The Morgan fingerprint density at radius 2 is 1.86 bits per heavy atom. The zero-order valence-corrected chi connectivity index (χ0v) is 8.91. The van der Waals surface area contributed by atoms with Gasteiger partial charge in [-0.3, -0.25) is 0 Å². The third-order valence-corrected chi connectivity index (χ3v) is 3.68. The fourth-order valence-corrected chi connectivity index (χ4v) is 2.31. The van der Waals surface area contributed by atoms with Crippen molar-refractivity contribution in [2.45, 2.75) is 19.3 Å². The smallest absolute Gasteiger partial charge is 0.0460 e. The van der Waals surface area contributed by atoms with Crippen LogP contribution in [0.2, 0.25) is 0 Å². The molecule has 2 fully saturated rings. The van der Waals surface area contributed by atoms with Crippen LogP contribution in [0.5, 0.6) is 0 Å². The monoisotopic (exact) mass is 198 g/mol. The summed E-state index contributed by atoms with van der Waals surface area (Å²) in [4.78, 5) is 2.56. The van der Waals surface area contributed by atoms with Crippen LogP contribution in [0.25, 0.3) is 0 Å². The van der Waals surface area contributed by atoms with E-state index in [2.05, 4.69) is 10.2 Å². The molecule has 3 nitrogen and oxygen atoms in total. The van der Waals surface area contributed by atoms with Crippen LogP contribution in [-0.2, 0) is 0 Å². The first-order valence-corrected chi connectivity index (χ1v) is 5.92. The predicted molar refractivity (Wildman–Crippen MR) is 57.2 cm³/mol. The van der Waals surface area contributed by atoms with Crippen LogP contribution in [0.4, 0.5) is 0 Å². The molecular weight excluding hydrogens is 176 g/mol. The van der Waals surface area contributed by atoms with E-state index in [1.54, 1.807) is 0 Å². The van der Waals surface area contributed by atoms with Crippen molar-refractivity contribution in [2.24, 2.45) is 11.8 Å². The lowest BCUT2D eigenvalue weighted by atomic mass is 9.95. The lowest BCUT2D eigenvalue weighted by Gasteiger charge is -2.34. The van der Waals surface area contributed by atoms with E-state index < -0.39 is 0 Å². The minimum Gasteiger partial charge on any atom is -0.396 e. The molecule has 2 heterocycles.